The smallest absolute Gasteiger partial charge is 0.329 e. The Morgan fingerprint density at radius 1 is 1.13 bits per heavy atom. The number of rotatable bonds is 6. The number of nitrogens with one attached hydrogen (secondary N) is 2. The number of imide groups is 1. The molecule has 2 aromatic heterocycles. The number of para-hydroxylation sites is 1. The number of benzene rings is 1. The van der Waals surface area contributed by atoms with E-state index in [2.05, 4.69) is 25.8 Å². The number of hydrogen-bond donors (Lipinski definition) is 2. The maximum absolute atomic E-state index is 12.4. The lowest BCUT2D eigenvalue weighted by Gasteiger charge is -2.30. The molecule has 1 atom stereocenters. The maximum atomic E-state index is 12.4. The summed E-state index contributed by atoms with van der Waals surface area (Å²) >= 11 is 0. The fraction of sp³-hybridized carbons (Fsp3) is 0.211. The van der Waals surface area contributed by atoms with Gasteiger partial charge in [-0.2, -0.15) is 5.10 Å². The first-order valence-corrected chi connectivity index (χ1v) is 9.42. The van der Waals surface area contributed by atoms with Gasteiger partial charge in [0.2, 0.25) is 11.8 Å². The molecule has 0 spiro atoms. The van der Waals surface area contributed by atoms with E-state index in [0.29, 0.717) is 11.5 Å². The summed E-state index contributed by atoms with van der Waals surface area (Å²) in [4.78, 5) is 54.1. The highest BCUT2D eigenvalue weighted by molar-refractivity contribution is 6.18. The third kappa shape index (κ3) is 4.32. The number of urea groups is 1. The highest BCUT2D eigenvalue weighted by Gasteiger charge is 2.36. The van der Waals surface area contributed by atoms with Crippen molar-refractivity contribution in [3.8, 4) is 5.82 Å². The Bertz CT molecular complexity index is 1140. The summed E-state index contributed by atoms with van der Waals surface area (Å²) in [6.07, 6.45) is 2.61. The first-order valence-electron chi connectivity index (χ1n) is 9.42. The van der Waals surface area contributed by atoms with Crippen LogP contribution in [-0.4, -0.2) is 55.0 Å². The molecule has 4 rings (SSSR count). The zero-order chi connectivity index (χ0) is 21.8. The Kier molecular flexibility index (Phi) is 5.51. The molecule has 1 unspecified atom stereocenters. The lowest BCUT2D eigenvalue weighted by molar-refractivity contribution is -0.127. The Hall–Kier alpha value is -4.35. The van der Waals surface area contributed by atoms with E-state index in [1.54, 1.807) is 30.3 Å². The van der Waals surface area contributed by atoms with Crippen LogP contribution in [0.5, 0.6) is 0 Å². The third-order valence-corrected chi connectivity index (χ3v) is 4.59. The third-order valence-electron chi connectivity index (χ3n) is 4.59. The van der Waals surface area contributed by atoms with Gasteiger partial charge in [-0.15, -0.1) is 5.10 Å². The molecule has 1 aliphatic heterocycles. The van der Waals surface area contributed by atoms with Gasteiger partial charge in [-0.05, 0) is 18.2 Å². The number of carbonyl (C=O) groups is 3. The number of carbonyl (C=O) groups excluding carboxylic acids is 3. The molecule has 12 nitrogen and oxygen atoms in total. The second-order valence-electron chi connectivity index (χ2n) is 6.65. The van der Waals surface area contributed by atoms with Gasteiger partial charge in [-0.3, -0.25) is 14.4 Å². The van der Waals surface area contributed by atoms with Gasteiger partial charge in [0.25, 0.3) is 5.56 Å². The molecule has 1 aliphatic rings. The summed E-state index contributed by atoms with van der Waals surface area (Å²) in [6.45, 7) is 0.174. The van der Waals surface area contributed by atoms with Crippen LogP contribution in [0.4, 0.5) is 10.5 Å². The first-order chi connectivity index (χ1) is 15.0. The second kappa shape index (κ2) is 8.57. The van der Waals surface area contributed by atoms with Gasteiger partial charge in [0.05, 0.1) is 18.7 Å². The van der Waals surface area contributed by atoms with Crippen molar-refractivity contribution in [3.05, 3.63) is 65.5 Å². The van der Waals surface area contributed by atoms with Crippen molar-refractivity contribution in [1.29, 1.82) is 0 Å². The number of nitrogens with zero attached hydrogens (tertiary/aromatic N) is 6. The van der Waals surface area contributed by atoms with Crippen molar-refractivity contribution < 1.29 is 14.4 Å². The van der Waals surface area contributed by atoms with Crippen LogP contribution in [0.2, 0.25) is 0 Å². The molecule has 0 aliphatic carbocycles. The zero-order valence-corrected chi connectivity index (χ0v) is 16.2. The summed E-state index contributed by atoms with van der Waals surface area (Å²) in [5.74, 6) is -0.599. The van der Waals surface area contributed by atoms with Crippen LogP contribution in [0.15, 0.2) is 59.9 Å². The van der Waals surface area contributed by atoms with Crippen molar-refractivity contribution in [2.24, 2.45) is 0 Å². The summed E-state index contributed by atoms with van der Waals surface area (Å²) in [5.41, 5.74) is 0.0827. The lowest BCUT2D eigenvalue weighted by atomic mass is 10.1. The standard InChI is InChI=1S/C19H18N8O4/c28-16-7-6-15(26-12-20-11-22-26)24-25(16)9-8-21-18(30)14-10-17(29)27(19(31)23-14)13-4-2-1-3-5-13/h1-7,11-12,14H,8-10H2,(H,21,30)(H,23,31). The predicted molar refractivity (Wildman–Crippen MR) is 107 cm³/mol. The molecule has 3 heterocycles. The van der Waals surface area contributed by atoms with E-state index >= 15 is 0 Å². The molecule has 12 heteroatoms. The van der Waals surface area contributed by atoms with E-state index in [9.17, 15) is 19.2 Å². The molecule has 0 saturated carbocycles. The Morgan fingerprint density at radius 3 is 2.65 bits per heavy atom. The largest absolute Gasteiger partial charge is 0.352 e. The summed E-state index contributed by atoms with van der Waals surface area (Å²) in [6, 6.07) is 9.65. The van der Waals surface area contributed by atoms with Crippen LogP contribution in [0, 0.1) is 0 Å². The number of aromatic nitrogens is 5. The van der Waals surface area contributed by atoms with Gasteiger partial charge >= 0.3 is 6.03 Å². The van der Waals surface area contributed by atoms with Gasteiger partial charge in [0, 0.05) is 12.6 Å². The fourth-order valence-electron chi connectivity index (χ4n) is 3.10. The Balaban J connectivity index is 1.35. The lowest BCUT2D eigenvalue weighted by Crippen LogP contribution is -2.59. The van der Waals surface area contributed by atoms with E-state index in [1.807, 2.05) is 0 Å². The van der Waals surface area contributed by atoms with E-state index in [1.165, 1.54) is 34.2 Å². The molecule has 1 fully saturated rings. The van der Waals surface area contributed by atoms with Gasteiger partial charge in [0.15, 0.2) is 5.82 Å². The van der Waals surface area contributed by atoms with Gasteiger partial charge < -0.3 is 10.6 Å². The molecule has 31 heavy (non-hydrogen) atoms. The molecule has 1 saturated heterocycles. The predicted octanol–water partition coefficient (Wildman–Crippen LogP) is -0.545. The summed E-state index contributed by atoms with van der Waals surface area (Å²) < 4.78 is 2.58. The minimum Gasteiger partial charge on any atom is -0.352 e. The monoisotopic (exact) mass is 422 g/mol. The van der Waals surface area contributed by atoms with E-state index in [-0.39, 0.29) is 25.1 Å². The highest BCUT2D eigenvalue weighted by Crippen LogP contribution is 2.18. The summed E-state index contributed by atoms with van der Waals surface area (Å²) in [7, 11) is 0. The molecule has 0 radical (unpaired) electrons. The molecule has 0 bridgehead atoms. The van der Waals surface area contributed by atoms with E-state index < -0.39 is 23.9 Å². The molecule has 158 valence electrons. The van der Waals surface area contributed by atoms with Crippen LogP contribution in [0.25, 0.3) is 5.82 Å². The molecule has 1 aromatic carbocycles. The van der Waals surface area contributed by atoms with Gasteiger partial charge in [0.1, 0.15) is 18.7 Å². The van der Waals surface area contributed by atoms with Gasteiger partial charge in [-0.1, -0.05) is 18.2 Å². The van der Waals surface area contributed by atoms with Crippen LogP contribution < -0.4 is 21.1 Å². The van der Waals surface area contributed by atoms with E-state index in [4.69, 9.17) is 0 Å². The fourth-order valence-corrected chi connectivity index (χ4v) is 3.10. The molecular weight excluding hydrogens is 404 g/mol. The zero-order valence-electron chi connectivity index (χ0n) is 16.2. The van der Waals surface area contributed by atoms with E-state index in [0.717, 1.165) is 4.90 Å². The minimum absolute atomic E-state index is 0.0789. The molecule has 3 aromatic rings. The van der Waals surface area contributed by atoms with Crippen molar-refractivity contribution in [2.75, 3.05) is 11.4 Å². The maximum Gasteiger partial charge on any atom is 0.329 e. The Morgan fingerprint density at radius 2 is 1.94 bits per heavy atom. The van der Waals surface area contributed by atoms with Crippen LogP contribution in [-0.2, 0) is 16.1 Å². The SMILES string of the molecule is O=C(NCCn1nc(-n2cncn2)ccc1=O)C1CC(=O)N(c2ccccc2)C(=O)N1. The van der Waals surface area contributed by atoms with Crippen molar-refractivity contribution in [2.45, 2.75) is 19.0 Å². The number of hydrogen-bond acceptors (Lipinski definition) is 7. The van der Waals surface area contributed by atoms with Crippen molar-refractivity contribution in [3.63, 3.8) is 0 Å². The van der Waals surface area contributed by atoms with Crippen molar-refractivity contribution >= 4 is 23.5 Å². The van der Waals surface area contributed by atoms with Crippen LogP contribution in [0.3, 0.4) is 0 Å². The average Bonchev–Trinajstić information content (AvgIpc) is 3.30. The van der Waals surface area contributed by atoms with Crippen LogP contribution >= 0.6 is 0 Å². The topological polar surface area (TPSA) is 144 Å². The quantitative estimate of drug-likeness (QED) is 0.543. The first kappa shape index (κ1) is 19.9. The van der Waals surface area contributed by atoms with Crippen molar-refractivity contribution in [1.82, 2.24) is 35.2 Å². The summed E-state index contributed by atoms with van der Waals surface area (Å²) in [5, 5.41) is 13.3. The number of anilines is 1. The molecular formula is C19H18N8O4. The normalized spacial score (nSPS) is 16.1. The minimum atomic E-state index is -0.994. The molecule has 4 amide bonds. The second-order valence-corrected chi connectivity index (χ2v) is 6.65. The number of amides is 4. The Labute approximate surface area is 175 Å². The molecule has 2 N–H and O–H groups in total. The average molecular weight is 422 g/mol. The van der Waals surface area contributed by atoms with Gasteiger partial charge in [-0.25, -0.2) is 24.0 Å². The highest BCUT2D eigenvalue weighted by atomic mass is 16.2. The van der Waals surface area contributed by atoms with Crippen LogP contribution in [0.1, 0.15) is 6.42 Å².